The van der Waals surface area contributed by atoms with Gasteiger partial charge in [-0.25, -0.2) is 0 Å². The molecule has 0 radical (unpaired) electrons. The lowest BCUT2D eigenvalue weighted by molar-refractivity contribution is 0.289. The fourth-order valence-corrected chi connectivity index (χ4v) is 5.00. The van der Waals surface area contributed by atoms with Crippen molar-refractivity contribution in [2.24, 2.45) is 0 Å². The molecule has 0 saturated carbocycles. The maximum absolute atomic E-state index is 5.71. The van der Waals surface area contributed by atoms with Crippen LogP contribution < -0.4 is 10.1 Å². The van der Waals surface area contributed by atoms with E-state index in [0.717, 1.165) is 56.4 Å². The van der Waals surface area contributed by atoms with Gasteiger partial charge in [-0.05, 0) is 78.6 Å². The summed E-state index contributed by atoms with van der Waals surface area (Å²) >= 11 is 0. The lowest BCUT2D eigenvalue weighted by Crippen LogP contribution is -2.25. The summed E-state index contributed by atoms with van der Waals surface area (Å²) in [6.07, 6.45) is 8.74. The summed E-state index contributed by atoms with van der Waals surface area (Å²) in [5.74, 6) is 1.65. The predicted molar refractivity (Wildman–Crippen MR) is 123 cm³/mol. The van der Waals surface area contributed by atoms with E-state index in [1.807, 2.05) is 6.92 Å². The van der Waals surface area contributed by atoms with E-state index in [-0.39, 0.29) is 6.04 Å². The molecular formula is C27H30N2O2. The molecule has 1 aromatic heterocycles. The highest BCUT2D eigenvalue weighted by Gasteiger charge is 2.28. The lowest BCUT2D eigenvalue weighted by atomic mass is 9.92. The van der Waals surface area contributed by atoms with E-state index in [4.69, 9.17) is 9.26 Å². The number of nitrogens with zero attached hydrogens (tertiary/aromatic N) is 1. The first kappa shape index (κ1) is 20.1. The van der Waals surface area contributed by atoms with E-state index in [2.05, 4.69) is 65.1 Å². The highest BCUT2D eigenvalue weighted by molar-refractivity contribution is 5.83. The zero-order valence-electron chi connectivity index (χ0n) is 18.2. The van der Waals surface area contributed by atoms with Crippen molar-refractivity contribution >= 4 is 5.57 Å². The second-order valence-corrected chi connectivity index (χ2v) is 8.38. The molecule has 4 nitrogen and oxygen atoms in total. The Kier molecular flexibility index (Phi) is 5.90. The number of nitrogens with one attached hydrogen (secondary N) is 1. The fourth-order valence-electron chi connectivity index (χ4n) is 5.00. The standard InChI is InChI=1S/C27H30N2O2/c1-2-30-27-26-24(14-7-15-25(26)31-29-27)28-18-8-13-23-21-11-5-3-9-19(21)16-17-20-10-4-6-12-22(20)23/h3-6,9-13,24,28H,2,7-8,14-18H2,1H3/t24-/m1/s1. The van der Waals surface area contributed by atoms with Crippen LogP contribution in [0.25, 0.3) is 5.57 Å². The molecule has 0 aliphatic heterocycles. The minimum atomic E-state index is 0.253. The van der Waals surface area contributed by atoms with Gasteiger partial charge >= 0.3 is 0 Å². The van der Waals surface area contributed by atoms with Gasteiger partial charge < -0.3 is 14.6 Å². The van der Waals surface area contributed by atoms with E-state index in [1.165, 1.54) is 27.8 Å². The Morgan fingerprint density at radius 2 is 1.74 bits per heavy atom. The third-order valence-electron chi connectivity index (χ3n) is 6.46. The maximum Gasteiger partial charge on any atom is 0.259 e. The summed E-state index contributed by atoms with van der Waals surface area (Å²) in [5.41, 5.74) is 8.15. The number of aromatic nitrogens is 1. The number of hydrogen-bond donors (Lipinski definition) is 1. The highest BCUT2D eigenvalue weighted by Crippen LogP contribution is 2.37. The molecule has 2 aromatic carbocycles. The molecule has 0 spiro atoms. The van der Waals surface area contributed by atoms with E-state index < -0.39 is 0 Å². The van der Waals surface area contributed by atoms with E-state index in [0.29, 0.717) is 12.5 Å². The van der Waals surface area contributed by atoms with Crippen LogP contribution in [0.3, 0.4) is 0 Å². The molecule has 3 aromatic rings. The summed E-state index contributed by atoms with van der Waals surface area (Å²) in [7, 11) is 0. The maximum atomic E-state index is 5.71. The van der Waals surface area contributed by atoms with Gasteiger partial charge in [-0.3, -0.25) is 0 Å². The van der Waals surface area contributed by atoms with Gasteiger partial charge in [0.15, 0.2) is 0 Å². The molecule has 31 heavy (non-hydrogen) atoms. The molecule has 0 unspecified atom stereocenters. The SMILES string of the molecule is CCOc1noc2c1[C@H](NCCC=C1c3ccccc3CCc3ccccc31)CCC2. The Labute approximate surface area is 184 Å². The number of hydrogen-bond acceptors (Lipinski definition) is 4. The lowest BCUT2D eigenvalue weighted by Gasteiger charge is -2.22. The monoisotopic (exact) mass is 414 g/mol. The molecule has 1 heterocycles. The van der Waals surface area contributed by atoms with Crippen LogP contribution in [-0.2, 0) is 19.3 Å². The number of benzene rings is 2. The summed E-state index contributed by atoms with van der Waals surface area (Å²) in [6, 6.07) is 18.0. The quantitative estimate of drug-likeness (QED) is 0.529. The Morgan fingerprint density at radius 3 is 2.45 bits per heavy atom. The van der Waals surface area contributed by atoms with Crippen LogP contribution in [0.1, 0.15) is 65.8 Å². The highest BCUT2D eigenvalue weighted by atomic mass is 16.5. The van der Waals surface area contributed by atoms with E-state index >= 15 is 0 Å². The van der Waals surface area contributed by atoms with Crippen molar-refractivity contribution in [2.45, 2.75) is 51.5 Å². The Bertz CT molecular complexity index is 1030. The van der Waals surface area contributed by atoms with E-state index in [9.17, 15) is 0 Å². The first-order chi connectivity index (χ1) is 15.3. The van der Waals surface area contributed by atoms with Gasteiger partial charge in [-0.2, -0.15) is 0 Å². The number of ether oxygens (including phenoxy) is 1. The summed E-state index contributed by atoms with van der Waals surface area (Å²) in [4.78, 5) is 0. The van der Waals surface area contributed by atoms with Gasteiger partial charge in [-0.1, -0.05) is 54.6 Å². The summed E-state index contributed by atoms with van der Waals surface area (Å²) in [5, 5.41) is 7.89. The minimum Gasteiger partial charge on any atom is -0.476 e. The summed E-state index contributed by atoms with van der Waals surface area (Å²) in [6.45, 7) is 3.51. The smallest absolute Gasteiger partial charge is 0.259 e. The molecule has 1 atom stereocenters. The van der Waals surface area contributed by atoms with E-state index in [1.54, 1.807) is 0 Å². The first-order valence-electron chi connectivity index (χ1n) is 11.6. The molecule has 2 aliphatic carbocycles. The molecule has 1 N–H and O–H groups in total. The number of aryl methyl sites for hydroxylation is 3. The van der Waals surface area contributed by atoms with Crippen LogP contribution in [0.15, 0.2) is 59.1 Å². The third-order valence-corrected chi connectivity index (χ3v) is 6.46. The van der Waals surface area contributed by atoms with Crippen LogP contribution in [0.5, 0.6) is 5.88 Å². The molecule has 0 fully saturated rings. The van der Waals surface area contributed by atoms with Crippen molar-refractivity contribution in [1.82, 2.24) is 10.5 Å². The zero-order valence-corrected chi connectivity index (χ0v) is 18.2. The molecule has 160 valence electrons. The van der Waals surface area contributed by atoms with Gasteiger partial charge in [0.2, 0.25) is 0 Å². The average molecular weight is 415 g/mol. The van der Waals surface area contributed by atoms with Crippen LogP contribution in [0.4, 0.5) is 0 Å². The zero-order chi connectivity index (χ0) is 21.0. The summed E-state index contributed by atoms with van der Waals surface area (Å²) < 4.78 is 11.2. The van der Waals surface area contributed by atoms with Crippen LogP contribution in [0, 0.1) is 0 Å². The predicted octanol–water partition coefficient (Wildman–Crippen LogP) is 5.66. The van der Waals surface area contributed by atoms with Crippen molar-refractivity contribution in [3.05, 3.63) is 88.2 Å². The molecular weight excluding hydrogens is 384 g/mol. The molecule has 0 bridgehead atoms. The Hall–Kier alpha value is -2.85. The largest absolute Gasteiger partial charge is 0.476 e. The number of fused-ring (bicyclic) bond motifs is 3. The van der Waals surface area contributed by atoms with Crippen molar-refractivity contribution in [1.29, 1.82) is 0 Å². The third kappa shape index (κ3) is 4.05. The average Bonchev–Trinajstić information content (AvgIpc) is 3.15. The van der Waals surface area contributed by atoms with Gasteiger partial charge in [0.1, 0.15) is 5.76 Å². The topological polar surface area (TPSA) is 47.3 Å². The van der Waals surface area contributed by atoms with Crippen molar-refractivity contribution in [2.75, 3.05) is 13.2 Å². The van der Waals surface area contributed by atoms with Crippen molar-refractivity contribution < 1.29 is 9.26 Å². The van der Waals surface area contributed by atoms with Crippen LogP contribution in [-0.4, -0.2) is 18.3 Å². The normalized spacial score (nSPS) is 17.3. The minimum absolute atomic E-state index is 0.253. The Morgan fingerprint density at radius 1 is 1.03 bits per heavy atom. The number of rotatable bonds is 6. The van der Waals surface area contributed by atoms with Crippen LogP contribution >= 0.6 is 0 Å². The molecule has 0 amide bonds. The molecule has 4 heteroatoms. The van der Waals surface area contributed by atoms with Crippen molar-refractivity contribution in [3.63, 3.8) is 0 Å². The molecule has 0 saturated heterocycles. The van der Waals surface area contributed by atoms with Crippen LogP contribution in [0.2, 0.25) is 0 Å². The molecule has 2 aliphatic rings. The van der Waals surface area contributed by atoms with Gasteiger partial charge in [-0.15, -0.1) is 0 Å². The molecule has 5 rings (SSSR count). The first-order valence-corrected chi connectivity index (χ1v) is 11.6. The van der Waals surface area contributed by atoms with Gasteiger partial charge in [0, 0.05) is 12.5 Å². The van der Waals surface area contributed by atoms with Gasteiger partial charge in [0.05, 0.1) is 12.2 Å². The fraction of sp³-hybridized carbons (Fsp3) is 0.370. The second kappa shape index (κ2) is 9.11. The van der Waals surface area contributed by atoms with Gasteiger partial charge in [0.25, 0.3) is 5.88 Å². The van der Waals surface area contributed by atoms with Crippen molar-refractivity contribution in [3.8, 4) is 5.88 Å². The second-order valence-electron chi connectivity index (χ2n) is 8.38. The Balaban J connectivity index is 1.35.